The van der Waals surface area contributed by atoms with E-state index in [1.807, 2.05) is 12.1 Å². The third kappa shape index (κ3) is 4.57. The fourth-order valence-electron chi connectivity index (χ4n) is 2.80. The molecule has 0 radical (unpaired) electrons. The molecule has 1 aromatic carbocycles. The summed E-state index contributed by atoms with van der Waals surface area (Å²) in [5, 5.41) is 6.41. The summed E-state index contributed by atoms with van der Waals surface area (Å²) in [5.74, 6) is 0.0493. The van der Waals surface area contributed by atoms with Gasteiger partial charge in [-0.05, 0) is 35.1 Å². The summed E-state index contributed by atoms with van der Waals surface area (Å²) in [6, 6.07) is 6.02. The Labute approximate surface area is 128 Å². The van der Waals surface area contributed by atoms with E-state index in [9.17, 15) is 4.79 Å². The fourth-order valence-corrected chi connectivity index (χ4v) is 2.80. The zero-order valence-corrected chi connectivity index (χ0v) is 13.6. The van der Waals surface area contributed by atoms with Crippen LogP contribution in [0.3, 0.4) is 0 Å². The predicted octanol–water partition coefficient (Wildman–Crippen LogP) is 3.63. The predicted molar refractivity (Wildman–Crippen MR) is 87.2 cm³/mol. The number of carbonyl (C=O) groups excluding carboxylic acids is 1. The second-order valence-corrected chi connectivity index (χ2v) is 6.89. The van der Waals surface area contributed by atoms with Crippen molar-refractivity contribution < 1.29 is 4.79 Å². The summed E-state index contributed by atoms with van der Waals surface area (Å²) in [6.45, 7) is 9.22. The van der Waals surface area contributed by atoms with E-state index in [0.29, 0.717) is 0 Å². The van der Waals surface area contributed by atoms with Gasteiger partial charge in [-0.3, -0.25) is 4.79 Å². The second-order valence-electron chi connectivity index (χ2n) is 6.89. The van der Waals surface area contributed by atoms with Crippen molar-refractivity contribution >= 4 is 5.91 Å². The number of hydrogen-bond donors (Lipinski definition) is 2. The normalized spacial score (nSPS) is 14.0. The van der Waals surface area contributed by atoms with Gasteiger partial charge in [0.25, 0.3) is 5.91 Å². The molecule has 0 saturated heterocycles. The number of unbranched alkanes of at least 4 members (excludes halogenated alkanes) is 2. The molecule has 0 saturated carbocycles. The average Bonchev–Trinajstić information content (AvgIpc) is 2.92. The van der Waals surface area contributed by atoms with E-state index in [1.165, 1.54) is 30.4 Å². The van der Waals surface area contributed by atoms with Crippen LogP contribution in [-0.2, 0) is 13.1 Å². The molecule has 1 aliphatic heterocycles. The van der Waals surface area contributed by atoms with E-state index < -0.39 is 0 Å². The van der Waals surface area contributed by atoms with E-state index in [0.717, 1.165) is 31.6 Å². The SMILES string of the molecule is CCCCCC(C)(C)CNC(=O)c1ccc2c(c1)CNC2. The van der Waals surface area contributed by atoms with Gasteiger partial charge in [-0.2, -0.15) is 0 Å². The number of rotatable bonds is 7. The van der Waals surface area contributed by atoms with Crippen LogP contribution in [0.1, 0.15) is 67.9 Å². The minimum atomic E-state index is 0.0493. The topological polar surface area (TPSA) is 41.1 Å². The highest BCUT2D eigenvalue weighted by Crippen LogP contribution is 2.23. The Hall–Kier alpha value is -1.35. The Bertz CT molecular complexity index is 494. The fraction of sp³-hybridized carbons (Fsp3) is 0.611. The molecule has 0 fully saturated rings. The van der Waals surface area contributed by atoms with Crippen LogP contribution in [-0.4, -0.2) is 12.5 Å². The van der Waals surface area contributed by atoms with Crippen LogP contribution in [0.25, 0.3) is 0 Å². The molecule has 0 aromatic heterocycles. The van der Waals surface area contributed by atoms with Crippen molar-refractivity contribution in [1.29, 1.82) is 0 Å². The van der Waals surface area contributed by atoms with Gasteiger partial charge in [0.15, 0.2) is 0 Å². The summed E-state index contributed by atoms with van der Waals surface area (Å²) < 4.78 is 0. The molecule has 116 valence electrons. The van der Waals surface area contributed by atoms with Crippen LogP contribution >= 0.6 is 0 Å². The number of carbonyl (C=O) groups is 1. The van der Waals surface area contributed by atoms with Gasteiger partial charge >= 0.3 is 0 Å². The third-order valence-electron chi connectivity index (χ3n) is 4.28. The van der Waals surface area contributed by atoms with Crippen LogP contribution in [0.5, 0.6) is 0 Å². The first-order valence-corrected chi connectivity index (χ1v) is 8.12. The summed E-state index contributed by atoms with van der Waals surface area (Å²) >= 11 is 0. The Balaban J connectivity index is 1.86. The summed E-state index contributed by atoms with van der Waals surface area (Å²) in [6.07, 6.45) is 4.92. The lowest BCUT2D eigenvalue weighted by molar-refractivity contribution is 0.0934. The first-order chi connectivity index (χ1) is 10.0. The van der Waals surface area contributed by atoms with E-state index in [4.69, 9.17) is 0 Å². The molecule has 0 atom stereocenters. The first-order valence-electron chi connectivity index (χ1n) is 8.12. The van der Waals surface area contributed by atoms with Crippen molar-refractivity contribution in [3.05, 3.63) is 34.9 Å². The molecular weight excluding hydrogens is 260 g/mol. The maximum Gasteiger partial charge on any atom is 0.251 e. The molecule has 1 heterocycles. The summed E-state index contributed by atoms with van der Waals surface area (Å²) in [7, 11) is 0. The molecule has 0 aliphatic carbocycles. The molecule has 1 amide bonds. The zero-order valence-electron chi connectivity index (χ0n) is 13.6. The monoisotopic (exact) mass is 288 g/mol. The second kappa shape index (κ2) is 7.08. The number of hydrogen-bond acceptors (Lipinski definition) is 2. The molecule has 1 aromatic rings. The Morgan fingerprint density at radius 3 is 2.76 bits per heavy atom. The van der Waals surface area contributed by atoms with E-state index in [1.54, 1.807) is 0 Å². The van der Waals surface area contributed by atoms with Crippen molar-refractivity contribution in [3.8, 4) is 0 Å². The molecule has 0 unspecified atom stereocenters. The minimum absolute atomic E-state index is 0.0493. The van der Waals surface area contributed by atoms with Crippen LogP contribution in [0.2, 0.25) is 0 Å². The van der Waals surface area contributed by atoms with Crippen LogP contribution in [0, 0.1) is 5.41 Å². The Morgan fingerprint density at radius 1 is 1.24 bits per heavy atom. The van der Waals surface area contributed by atoms with Crippen molar-refractivity contribution in [2.24, 2.45) is 5.41 Å². The van der Waals surface area contributed by atoms with E-state index >= 15 is 0 Å². The largest absolute Gasteiger partial charge is 0.352 e. The van der Waals surface area contributed by atoms with Crippen LogP contribution < -0.4 is 10.6 Å². The van der Waals surface area contributed by atoms with E-state index in [-0.39, 0.29) is 11.3 Å². The van der Waals surface area contributed by atoms with Gasteiger partial charge < -0.3 is 10.6 Å². The third-order valence-corrected chi connectivity index (χ3v) is 4.28. The van der Waals surface area contributed by atoms with Crippen molar-refractivity contribution in [2.45, 2.75) is 59.5 Å². The lowest BCUT2D eigenvalue weighted by Crippen LogP contribution is -2.34. The molecule has 0 spiro atoms. The van der Waals surface area contributed by atoms with Gasteiger partial charge in [0.1, 0.15) is 0 Å². The molecule has 21 heavy (non-hydrogen) atoms. The summed E-state index contributed by atoms with van der Waals surface area (Å²) in [5.41, 5.74) is 3.52. The van der Waals surface area contributed by atoms with Gasteiger partial charge in [-0.25, -0.2) is 0 Å². The molecule has 2 N–H and O–H groups in total. The molecule has 1 aliphatic rings. The number of nitrogens with one attached hydrogen (secondary N) is 2. The molecule has 3 heteroatoms. The maximum atomic E-state index is 12.3. The summed E-state index contributed by atoms with van der Waals surface area (Å²) in [4.78, 5) is 12.3. The lowest BCUT2D eigenvalue weighted by atomic mass is 9.87. The maximum absolute atomic E-state index is 12.3. The van der Waals surface area contributed by atoms with Crippen molar-refractivity contribution in [2.75, 3.05) is 6.54 Å². The van der Waals surface area contributed by atoms with Gasteiger partial charge in [0.05, 0.1) is 0 Å². The number of benzene rings is 1. The molecular formula is C18H28N2O. The highest BCUT2D eigenvalue weighted by atomic mass is 16.1. The molecule has 0 bridgehead atoms. The highest BCUT2D eigenvalue weighted by molar-refractivity contribution is 5.94. The van der Waals surface area contributed by atoms with Gasteiger partial charge in [0.2, 0.25) is 0 Å². The smallest absolute Gasteiger partial charge is 0.251 e. The van der Waals surface area contributed by atoms with Crippen molar-refractivity contribution in [3.63, 3.8) is 0 Å². The van der Waals surface area contributed by atoms with Gasteiger partial charge in [0, 0.05) is 25.2 Å². The van der Waals surface area contributed by atoms with Crippen LogP contribution in [0.4, 0.5) is 0 Å². The molecule has 2 rings (SSSR count). The van der Waals surface area contributed by atoms with Crippen molar-refractivity contribution in [1.82, 2.24) is 10.6 Å². The number of fused-ring (bicyclic) bond motifs is 1. The first kappa shape index (κ1) is 16.0. The minimum Gasteiger partial charge on any atom is -0.352 e. The van der Waals surface area contributed by atoms with Crippen LogP contribution in [0.15, 0.2) is 18.2 Å². The average molecular weight is 288 g/mol. The van der Waals surface area contributed by atoms with E-state index in [2.05, 4.69) is 37.5 Å². The Kier molecular flexibility index (Phi) is 5.40. The highest BCUT2D eigenvalue weighted by Gasteiger charge is 2.19. The quantitative estimate of drug-likeness (QED) is 0.752. The standard InChI is InChI=1S/C18H28N2O/c1-4-5-6-9-18(2,3)13-20-17(21)14-7-8-15-11-19-12-16(15)10-14/h7-8,10,19H,4-6,9,11-13H2,1-3H3,(H,20,21). The van der Waals surface area contributed by atoms with Gasteiger partial charge in [-0.1, -0.05) is 46.1 Å². The number of amides is 1. The van der Waals surface area contributed by atoms with Gasteiger partial charge in [-0.15, -0.1) is 0 Å². The Morgan fingerprint density at radius 2 is 2.00 bits per heavy atom. The zero-order chi connectivity index (χ0) is 15.3. The lowest BCUT2D eigenvalue weighted by Gasteiger charge is -2.25. The molecule has 3 nitrogen and oxygen atoms in total.